The van der Waals surface area contributed by atoms with E-state index in [2.05, 4.69) is 6.58 Å². The van der Waals surface area contributed by atoms with Crippen LogP contribution in [0.1, 0.15) is 36.5 Å². The molecule has 1 unspecified atom stereocenters. The molecule has 0 aromatic heterocycles. The average Bonchev–Trinajstić information content (AvgIpc) is 2.78. The van der Waals surface area contributed by atoms with Gasteiger partial charge in [0.1, 0.15) is 5.82 Å². The third kappa shape index (κ3) is 4.05. The van der Waals surface area contributed by atoms with Crippen molar-refractivity contribution in [1.82, 2.24) is 0 Å². The summed E-state index contributed by atoms with van der Waals surface area (Å²) < 4.78 is 49.1. The van der Waals surface area contributed by atoms with Gasteiger partial charge in [-0.2, -0.15) is 0 Å². The summed E-state index contributed by atoms with van der Waals surface area (Å²) in [5, 5.41) is 0. The maximum absolute atomic E-state index is 14.7. The summed E-state index contributed by atoms with van der Waals surface area (Å²) in [5.74, 6) is -2.00. The second-order valence-corrected chi connectivity index (χ2v) is 7.56. The van der Waals surface area contributed by atoms with Gasteiger partial charge in [0, 0.05) is 17.7 Å². The van der Waals surface area contributed by atoms with E-state index in [9.17, 15) is 13.2 Å². The van der Waals surface area contributed by atoms with Crippen LogP contribution in [-0.4, -0.2) is 6.61 Å². The molecule has 1 nitrogen and oxygen atoms in total. The molecule has 3 aromatic carbocycles. The van der Waals surface area contributed by atoms with Crippen molar-refractivity contribution in [2.24, 2.45) is 0 Å². The lowest BCUT2D eigenvalue weighted by Gasteiger charge is -2.23. The third-order valence-corrected chi connectivity index (χ3v) is 5.58. The van der Waals surface area contributed by atoms with Gasteiger partial charge in [-0.05, 0) is 54.0 Å². The number of ether oxygens (including phenoxy) is 1. The molecule has 1 aliphatic rings. The standard InChI is InChI=1S/C26H23F3O/c1-2-5-19-11-13-21(26(29)25(19)28)18-9-7-17(8-10-18)20-12-14-22(23(27)16-20)24-6-3-4-15-30-24/h2,7-14,16,24H,1,3-6,15H2. The highest BCUT2D eigenvalue weighted by molar-refractivity contribution is 5.71. The molecule has 1 fully saturated rings. The van der Waals surface area contributed by atoms with Gasteiger partial charge in [-0.3, -0.25) is 0 Å². The summed E-state index contributed by atoms with van der Waals surface area (Å²) in [6.45, 7) is 4.23. The van der Waals surface area contributed by atoms with Crippen LogP contribution in [0, 0.1) is 17.5 Å². The molecule has 1 aliphatic heterocycles. The van der Waals surface area contributed by atoms with Crippen LogP contribution in [0.5, 0.6) is 0 Å². The second kappa shape index (κ2) is 8.88. The van der Waals surface area contributed by atoms with Crippen molar-refractivity contribution in [2.75, 3.05) is 6.61 Å². The van der Waals surface area contributed by atoms with Gasteiger partial charge in [0.25, 0.3) is 0 Å². The van der Waals surface area contributed by atoms with Gasteiger partial charge in [0.15, 0.2) is 11.6 Å². The molecule has 4 rings (SSSR count). The smallest absolute Gasteiger partial charge is 0.166 e. The van der Waals surface area contributed by atoms with Crippen LogP contribution in [0.3, 0.4) is 0 Å². The Morgan fingerprint density at radius 3 is 2.27 bits per heavy atom. The molecule has 1 saturated heterocycles. The van der Waals surface area contributed by atoms with E-state index < -0.39 is 11.6 Å². The maximum Gasteiger partial charge on any atom is 0.166 e. The topological polar surface area (TPSA) is 9.23 Å². The zero-order valence-electron chi connectivity index (χ0n) is 16.6. The molecule has 3 aromatic rings. The second-order valence-electron chi connectivity index (χ2n) is 7.56. The molecule has 0 amide bonds. The van der Waals surface area contributed by atoms with Crippen LogP contribution < -0.4 is 0 Å². The van der Waals surface area contributed by atoms with Gasteiger partial charge < -0.3 is 4.74 Å². The fraction of sp³-hybridized carbons (Fsp3) is 0.231. The van der Waals surface area contributed by atoms with Gasteiger partial charge in [-0.1, -0.05) is 54.6 Å². The first kappa shape index (κ1) is 20.4. The van der Waals surface area contributed by atoms with Crippen molar-refractivity contribution in [3.8, 4) is 22.3 Å². The van der Waals surface area contributed by atoms with Crippen molar-refractivity contribution >= 4 is 0 Å². The number of halogens is 3. The Labute approximate surface area is 174 Å². The third-order valence-electron chi connectivity index (χ3n) is 5.58. The van der Waals surface area contributed by atoms with Crippen LogP contribution in [0.4, 0.5) is 13.2 Å². The normalized spacial score (nSPS) is 16.4. The Hall–Kier alpha value is -2.85. The summed E-state index contributed by atoms with van der Waals surface area (Å²) in [4.78, 5) is 0. The predicted molar refractivity (Wildman–Crippen MR) is 114 cm³/mol. The van der Waals surface area contributed by atoms with E-state index in [1.807, 2.05) is 6.07 Å². The van der Waals surface area contributed by atoms with Crippen molar-refractivity contribution in [2.45, 2.75) is 31.8 Å². The molecule has 0 saturated carbocycles. The number of allylic oxidation sites excluding steroid dienone is 1. The van der Waals surface area contributed by atoms with Gasteiger partial charge in [0.2, 0.25) is 0 Å². The average molecular weight is 408 g/mol. The van der Waals surface area contributed by atoms with Gasteiger partial charge >= 0.3 is 0 Å². The Morgan fingerprint density at radius 1 is 0.867 bits per heavy atom. The fourth-order valence-electron chi connectivity index (χ4n) is 3.92. The van der Waals surface area contributed by atoms with Crippen LogP contribution in [0.25, 0.3) is 22.3 Å². The lowest BCUT2D eigenvalue weighted by Crippen LogP contribution is -2.12. The molecule has 0 N–H and O–H groups in total. The molecule has 4 heteroatoms. The summed E-state index contributed by atoms with van der Waals surface area (Å²) in [6, 6.07) is 15.3. The zero-order valence-corrected chi connectivity index (χ0v) is 16.6. The van der Waals surface area contributed by atoms with Crippen molar-refractivity contribution in [3.05, 3.63) is 95.8 Å². The quantitative estimate of drug-likeness (QED) is 0.400. The van der Waals surface area contributed by atoms with Crippen LogP contribution >= 0.6 is 0 Å². The molecular weight excluding hydrogens is 385 g/mol. The Morgan fingerprint density at radius 2 is 1.60 bits per heavy atom. The molecule has 0 aliphatic carbocycles. The predicted octanol–water partition coefficient (Wildman–Crippen LogP) is 7.41. The maximum atomic E-state index is 14.7. The molecule has 1 heterocycles. The molecule has 1 atom stereocenters. The molecule has 154 valence electrons. The van der Waals surface area contributed by atoms with E-state index in [0.29, 0.717) is 17.7 Å². The zero-order chi connectivity index (χ0) is 21.1. The monoisotopic (exact) mass is 408 g/mol. The highest BCUT2D eigenvalue weighted by Crippen LogP contribution is 2.33. The highest BCUT2D eigenvalue weighted by atomic mass is 19.2. The number of hydrogen-bond donors (Lipinski definition) is 0. The molecule has 0 bridgehead atoms. The van der Waals surface area contributed by atoms with Crippen molar-refractivity contribution in [3.63, 3.8) is 0 Å². The van der Waals surface area contributed by atoms with E-state index in [1.165, 1.54) is 12.1 Å². The Bertz CT molecular complexity index is 1050. The SMILES string of the molecule is C=CCc1ccc(-c2ccc(-c3ccc(C4CCCCO4)c(F)c3)cc2)c(F)c1F. The summed E-state index contributed by atoms with van der Waals surface area (Å²) in [7, 11) is 0. The number of hydrogen-bond acceptors (Lipinski definition) is 1. The molecular formula is C26H23F3O. The Balaban J connectivity index is 1.59. The summed E-state index contributed by atoms with van der Waals surface area (Å²) in [5.41, 5.74) is 3.16. The highest BCUT2D eigenvalue weighted by Gasteiger charge is 2.20. The largest absolute Gasteiger partial charge is 0.373 e. The first-order valence-corrected chi connectivity index (χ1v) is 10.2. The number of benzene rings is 3. The van der Waals surface area contributed by atoms with Crippen LogP contribution in [0.15, 0.2) is 67.3 Å². The van der Waals surface area contributed by atoms with Gasteiger partial charge in [-0.25, -0.2) is 13.2 Å². The summed E-state index contributed by atoms with van der Waals surface area (Å²) >= 11 is 0. The van der Waals surface area contributed by atoms with Crippen molar-refractivity contribution < 1.29 is 17.9 Å². The fourth-order valence-corrected chi connectivity index (χ4v) is 3.92. The molecule has 30 heavy (non-hydrogen) atoms. The van der Waals surface area contributed by atoms with E-state index in [4.69, 9.17) is 4.74 Å². The first-order valence-electron chi connectivity index (χ1n) is 10.2. The van der Waals surface area contributed by atoms with E-state index in [0.717, 1.165) is 30.4 Å². The van der Waals surface area contributed by atoms with E-state index in [-0.39, 0.29) is 29.5 Å². The summed E-state index contributed by atoms with van der Waals surface area (Å²) in [6.07, 6.45) is 4.52. The first-order chi connectivity index (χ1) is 14.6. The van der Waals surface area contributed by atoms with Gasteiger partial charge in [-0.15, -0.1) is 6.58 Å². The Kier molecular flexibility index (Phi) is 6.05. The molecule has 0 spiro atoms. The van der Waals surface area contributed by atoms with Crippen LogP contribution in [-0.2, 0) is 11.2 Å². The lowest BCUT2D eigenvalue weighted by molar-refractivity contribution is 0.0129. The minimum atomic E-state index is -0.870. The van der Waals surface area contributed by atoms with Gasteiger partial charge in [0.05, 0.1) is 6.10 Å². The van der Waals surface area contributed by atoms with E-state index in [1.54, 1.807) is 42.5 Å². The van der Waals surface area contributed by atoms with Crippen LogP contribution in [0.2, 0.25) is 0 Å². The lowest BCUT2D eigenvalue weighted by atomic mass is 9.96. The van der Waals surface area contributed by atoms with E-state index >= 15 is 0 Å². The number of rotatable bonds is 5. The van der Waals surface area contributed by atoms with Crippen molar-refractivity contribution in [1.29, 1.82) is 0 Å². The minimum Gasteiger partial charge on any atom is -0.373 e. The molecule has 0 radical (unpaired) electrons. The minimum absolute atomic E-state index is 0.183.